The molecule has 6 heteroatoms. The molecule has 0 spiro atoms. The average molecular weight is 397 g/mol. The fraction of sp³-hybridized carbons (Fsp3) is 0.250. The monoisotopic (exact) mass is 397 g/mol. The third kappa shape index (κ3) is 3.81. The van der Waals surface area contributed by atoms with E-state index in [4.69, 9.17) is 4.98 Å². The Morgan fingerprint density at radius 3 is 2.73 bits per heavy atom. The molecule has 1 amide bonds. The van der Waals surface area contributed by atoms with E-state index in [1.54, 1.807) is 0 Å². The van der Waals surface area contributed by atoms with Crippen LogP contribution in [-0.4, -0.2) is 25.7 Å². The summed E-state index contributed by atoms with van der Waals surface area (Å²) in [4.78, 5) is 21.8. The fourth-order valence-corrected chi connectivity index (χ4v) is 4.03. The van der Waals surface area contributed by atoms with Gasteiger partial charge in [0.15, 0.2) is 0 Å². The van der Waals surface area contributed by atoms with Crippen molar-refractivity contribution in [1.29, 1.82) is 0 Å². The Balaban J connectivity index is 1.33. The van der Waals surface area contributed by atoms with Crippen LogP contribution in [0.3, 0.4) is 0 Å². The summed E-state index contributed by atoms with van der Waals surface area (Å²) in [6.07, 6.45) is 3.95. The number of nitrogens with one attached hydrogen (secondary N) is 1. The van der Waals surface area contributed by atoms with Crippen molar-refractivity contribution in [2.45, 2.75) is 38.1 Å². The Morgan fingerprint density at radius 1 is 1.00 bits per heavy atom. The van der Waals surface area contributed by atoms with Crippen LogP contribution in [0.15, 0.2) is 66.7 Å². The molecule has 0 aliphatic carbocycles. The van der Waals surface area contributed by atoms with E-state index in [1.807, 2.05) is 53.2 Å². The number of carbonyl (C=O) groups is 1. The van der Waals surface area contributed by atoms with Crippen LogP contribution in [0.25, 0.3) is 10.9 Å². The van der Waals surface area contributed by atoms with Crippen molar-refractivity contribution in [3.05, 3.63) is 83.8 Å². The predicted molar refractivity (Wildman–Crippen MR) is 116 cm³/mol. The minimum absolute atomic E-state index is 0.0424. The van der Waals surface area contributed by atoms with E-state index in [9.17, 15) is 4.79 Å². The molecular weight excluding hydrogens is 374 g/mol. The third-order valence-corrected chi connectivity index (χ3v) is 5.57. The van der Waals surface area contributed by atoms with Crippen molar-refractivity contribution in [3.63, 3.8) is 0 Å². The maximum atomic E-state index is 12.4. The van der Waals surface area contributed by atoms with Gasteiger partial charge in [0.2, 0.25) is 11.9 Å². The molecule has 2 aromatic heterocycles. The number of fused-ring (bicyclic) bond motifs is 2. The Labute approximate surface area is 175 Å². The lowest BCUT2D eigenvalue weighted by Gasteiger charge is -2.23. The first-order valence-electron chi connectivity index (χ1n) is 10.4. The molecule has 4 aromatic rings. The van der Waals surface area contributed by atoms with Gasteiger partial charge in [0.05, 0.1) is 17.3 Å². The number of aromatic nitrogens is 4. The molecule has 1 unspecified atom stereocenters. The van der Waals surface area contributed by atoms with E-state index in [1.165, 1.54) is 0 Å². The van der Waals surface area contributed by atoms with Gasteiger partial charge in [-0.1, -0.05) is 54.6 Å². The van der Waals surface area contributed by atoms with Crippen LogP contribution in [0.1, 0.15) is 42.4 Å². The average Bonchev–Trinajstić information content (AvgIpc) is 3.20. The maximum absolute atomic E-state index is 12.4. The number of nitrogens with zero attached hydrogens (tertiary/aromatic N) is 4. The third-order valence-electron chi connectivity index (χ3n) is 5.57. The molecule has 3 heterocycles. The lowest BCUT2D eigenvalue weighted by atomic mass is 10.0. The molecule has 0 fully saturated rings. The van der Waals surface area contributed by atoms with E-state index in [0.29, 0.717) is 18.8 Å². The van der Waals surface area contributed by atoms with Gasteiger partial charge >= 0.3 is 0 Å². The molecule has 5 rings (SSSR count). The Morgan fingerprint density at radius 2 is 1.83 bits per heavy atom. The second-order valence-electron chi connectivity index (χ2n) is 7.67. The van der Waals surface area contributed by atoms with Crippen molar-refractivity contribution in [2.24, 2.45) is 0 Å². The van der Waals surface area contributed by atoms with Crippen LogP contribution in [0.4, 0.5) is 5.95 Å². The quantitative estimate of drug-likeness (QED) is 0.544. The number of aryl methyl sites for hydroxylation is 2. The zero-order valence-corrected chi connectivity index (χ0v) is 16.7. The summed E-state index contributed by atoms with van der Waals surface area (Å²) in [5.41, 5.74) is 3.12. The highest BCUT2D eigenvalue weighted by atomic mass is 16.1. The number of amides is 1. The van der Waals surface area contributed by atoms with Gasteiger partial charge in [0, 0.05) is 18.2 Å². The van der Waals surface area contributed by atoms with Crippen molar-refractivity contribution in [3.8, 4) is 0 Å². The normalized spacial score (nSPS) is 15.7. The molecule has 0 bridgehead atoms. The zero-order valence-electron chi connectivity index (χ0n) is 16.7. The van der Waals surface area contributed by atoms with Crippen LogP contribution >= 0.6 is 0 Å². The standard InChI is InChI=1S/C24H23N5O/c30-23(16-13-17-7-2-1-3-8-17)27-24-26-22-12-6-11-21(29(22)28-24)20-15-14-18-9-4-5-10-19(18)25-20/h1-5,7-10,14-15,21H,6,11-13,16H2,(H,27,28,30). The molecule has 0 saturated heterocycles. The maximum Gasteiger partial charge on any atom is 0.249 e. The minimum Gasteiger partial charge on any atom is -0.293 e. The Hall–Kier alpha value is -3.54. The first kappa shape index (κ1) is 18.5. The van der Waals surface area contributed by atoms with Crippen LogP contribution < -0.4 is 5.32 Å². The van der Waals surface area contributed by atoms with Crippen molar-refractivity contribution in [1.82, 2.24) is 19.7 Å². The number of pyridine rings is 1. The van der Waals surface area contributed by atoms with Crippen LogP contribution in [-0.2, 0) is 17.6 Å². The molecule has 150 valence electrons. The molecular formula is C24H23N5O. The van der Waals surface area contributed by atoms with E-state index >= 15 is 0 Å². The van der Waals surface area contributed by atoms with Gasteiger partial charge in [-0.05, 0) is 37.0 Å². The topological polar surface area (TPSA) is 72.7 Å². The van der Waals surface area contributed by atoms with Crippen molar-refractivity contribution < 1.29 is 4.79 Å². The number of hydrogen-bond donors (Lipinski definition) is 1. The fourth-order valence-electron chi connectivity index (χ4n) is 4.03. The second kappa shape index (κ2) is 8.06. The molecule has 1 aliphatic heterocycles. The van der Waals surface area contributed by atoms with E-state index in [2.05, 4.69) is 33.6 Å². The highest BCUT2D eigenvalue weighted by Gasteiger charge is 2.26. The summed E-state index contributed by atoms with van der Waals surface area (Å²) >= 11 is 0. The molecule has 1 atom stereocenters. The summed E-state index contributed by atoms with van der Waals surface area (Å²) in [6, 6.07) is 22.3. The van der Waals surface area contributed by atoms with Gasteiger partial charge in [0.25, 0.3) is 0 Å². The lowest BCUT2D eigenvalue weighted by molar-refractivity contribution is -0.116. The Kier molecular flexibility index (Phi) is 4.97. The summed E-state index contributed by atoms with van der Waals surface area (Å²) in [5, 5.41) is 8.61. The predicted octanol–water partition coefficient (Wildman–Crippen LogP) is 4.32. The van der Waals surface area contributed by atoms with Crippen LogP contribution in [0.5, 0.6) is 0 Å². The van der Waals surface area contributed by atoms with Gasteiger partial charge in [-0.15, -0.1) is 5.10 Å². The van der Waals surface area contributed by atoms with Gasteiger partial charge in [-0.25, -0.2) is 4.68 Å². The van der Waals surface area contributed by atoms with Crippen molar-refractivity contribution >= 4 is 22.8 Å². The highest BCUT2D eigenvalue weighted by Crippen LogP contribution is 2.30. The first-order chi connectivity index (χ1) is 14.8. The van der Waals surface area contributed by atoms with Crippen molar-refractivity contribution in [2.75, 3.05) is 5.32 Å². The smallest absolute Gasteiger partial charge is 0.249 e. The summed E-state index contributed by atoms with van der Waals surface area (Å²) in [5.74, 6) is 1.22. The van der Waals surface area contributed by atoms with Crippen LogP contribution in [0, 0.1) is 0 Å². The molecule has 1 aliphatic rings. The Bertz CT molecular complexity index is 1180. The second-order valence-corrected chi connectivity index (χ2v) is 7.67. The van der Waals surface area contributed by atoms with Gasteiger partial charge in [0.1, 0.15) is 5.82 Å². The summed E-state index contributed by atoms with van der Waals surface area (Å²) in [7, 11) is 0. The number of para-hydroxylation sites is 1. The van der Waals surface area contributed by atoms with Crippen LogP contribution in [0.2, 0.25) is 0 Å². The molecule has 0 saturated carbocycles. The van der Waals surface area contributed by atoms with E-state index < -0.39 is 0 Å². The first-order valence-corrected chi connectivity index (χ1v) is 10.4. The number of rotatable bonds is 5. The number of anilines is 1. The lowest BCUT2D eigenvalue weighted by Crippen LogP contribution is -2.21. The van der Waals surface area contributed by atoms with Gasteiger partial charge in [-0.3, -0.25) is 15.1 Å². The van der Waals surface area contributed by atoms with E-state index in [0.717, 1.165) is 47.2 Å². The molecule has 30 heavy (non-hydrogen) atoms. The zero-order chi connectivity index (χ0) is 20.3. The van der Waals surface area contributed by atoms with Gasteiger partial charge < -0.3 is 0 Å². The molecule has 6 nitrogen and oxygen atoms in total. The number of benzene rings is 2. The largest absolute Gasteiger partial charge is 0.293 e. The number of carbonyl (C=O) groups excluding carboxylic acids is 1. The number of hydrogen-bond acceptors (Lipinski definition) is 4. The molecule has 1 N–H and O–H groups in total. The summed E-state index contributed by atoms with van der Waals surface area (Å²) < 4.78 is 1.94. The molecule has 2 aromatic carbocycles. The van der Waals surface area contributed by atoms with E-state index in [-0.39, 0.29) is 11.9 Å². The summed E-state index contributed by atoms with van der Waals surface area (Å²) in [6.45, 7) is 0. The minimum atomic E-state index is -0.0674. The van der Waals surface area contributed by atoms with Gasteiger partial charge in [-0.2, -0.15) is 4.98 Å². The SMILES string of the molecule is O=C(CCc1ccccc1)Nc1nc2n(n1)C(c1ccc3ccccc3n1)CCC2. The highest BCUT2D eigenvalue weighted by molar-refractivity contribution is 5.89. The molecule has 0 radical (unpaired) electrons.